The first-order valence-corrected chi connectivity index (χ1v) is 5.55. The third-order valence-electron chi connectivity index (χ3n) is 1.73. The molecule has 0 unspecified atom stereocenters. The van der Waals surface area contributed by atoms with Crippen molar-refractivity contribution in [1.82, 2.24) is 0 Å². The van der Waals surface area contributed by atoms with Crippen LogP contribution in [0.15, 0.2) is 24.3 Å². The summed E-state index contributed by atoms with van der Waals surface area (Å²) in [6.07, 6.45) is 0. The molecule has 4 heteroatoms. The van der Waals surface area contributed by atoms with Gasteiger partial charge in [0.25, 0.3) is 5.97 Å². The van der Waals surface area contributed by atoms with Crippen molar-refractivity contribution in [3.05, 3.63) is 24.3 Å². The van der Waals surface area contributed by atoms with Gasteiger partial charge in [0.15, 0.2) is 0 Å². The first kappa shape index (κ1) is 15.3. The Hall–Kier alpha value is -1.71. The van der Waals surface area contributed by atoms with E-state index in [1.165, 1.54) is 0 Å². The Morgan fingerprint density at radius 1 is 1.35 bits per heavy atom. The maximum Gasteiger partial charge on any atom is 0.300 e. The molecule has 0 saturated carbocycles. The topological polar surface area (TPSA) is 58.6 Å². The van der Waals surface area contributed by atoms with Crippen molar-refractivity contribution in [2.75, 3.05) is 19.0 Å². The highest BCUT2D eigenvalue weighted by molar-refractivity contribution is 5.62. The minimum Gasteiger partial charge on any atom is -0.493 e. The van der Waals surface area contributed by atoms with Gasteiger partial charge >= 0.3 is 0 Å². The molecule has 0 atom stereocenters. The highest BCUT2D eigenvalue weighted by Gasteiger charge is 1.96. The molecule has 1 aromatic carbocycles. The van der Waals surface area contributed by atoms with Crippen LogP contribution < -0.4 is 10.1 Å². The summed E-state index contributed by atoms with van der Waals surface area (Å²) in [5.41, 5.74) is 1.11. The van der Waals surface area contributed by atoms with Gasteiger partial charge in [-0.15, -0.1) is 0 Å². The molecule has 0 spiro atoms. The molecule has 0 radical (unpaired) electrons. The Balaban J connectivity index is 0.000000557. The van der Waals surface area contributed by atoms with Gasteiger partial charge in [0, 0.05) is 19.7 Å². The average Bonchev–Trinajstić information content (AvgIpc) is 2.26. The molecule has 0 aliphatic heterocycles. The summed E-state index contributed by atoms with van der Waals surface area (Å²) >= 11 is 0. The lowest BCUT2D eigenvalue weighted by atomic mass is 10.2. The van der Waals surface area contributed by atoms with Gasteiger partial charge in [0.2, 0.25) is 0 Å². The monoisotopic (exact) mass is 239 g/mol. The van der Waals surface area contributed by atoms with Crippen LogP contribution in [0.1, 0.15) is 20.8 Å². The Kier molecular flexibility index (Phi) is 7.59. The predicted molar refractivity (Wildman–Crippen MR) is 69.6 cm³/mol. The third kappa shape index (κ3) is 9.23. The number of anilines is 1. The number of carboxylic acid groups (broad SMARTS) is 1. The molecule has 0 saturated heterocycles. The third-order valence-corrected chi connectivity index (χ3v) is 1.73. The molecule has 1 rings (SSSR count). The lowest BCUT2D eigenvalue weighted by molar-refractivity contribution is -0.134. The van der Waals surface area contributed by atoms with Crippen molar-refractivity contribution in [3.63, 3.8) is 0 Å². The van der Waals surface area contributed by atoms with Gasteiger partial charge in [0.05, 0.1) is 6.61 Å². The Morgan fingerprint density at radius 3 is 2.18 bits per heavy atom. The standard InChI is InChI=1S/C11H17NO.C2H4O2/c1-9(2)8-13-11-6-4-10(12-3)5-7-11;1-2(3)4/h4-7,9,12H,8H2,1-3H3;1H3,(H,3,4). The van der Waals surface area contributed by atoms with Crippen molar-refractivity contribution < 1.29 is 14.6 Å². The molecule has 4 nitrogen and oxygen atoms in total. The van der Waals surface area contributed by atoms with Gasteiger partial charge in [0.1, 0.15) is 5.75 Å². The minimum absolute atomic E-state index is 0.573. The highest BCUT2D eigenvalue weighted by atomic mass is 16.5. The predicted octanol–water partition coefficient (Wildman–Crippen LogP) is 2.85. The molecule has 96 valence electrons. The lowest BCUT2D eigenvalue weighted by Gasteiger charge is -2.08. The van der Waals surface area contributed by atoms with E-state index in [1.807, 2.05) is 31.3 Å². The number of aliphatic carboxylic acids is 1. The molecular weight excluding hydrogens is 218 g/mol. The summed E-state index contributed by atoms with van der Waals surface area (Å²) in [7, 11) is 1.91. The average molecular weight is 239 g/mol. The zero-order chi connectivity index (χ0) is 13.3. The van der Waals surface area contributed by atoms with E-state index in [0.29, 0.717) is 5.92 Å². The summed E-state index contributed by atoms with van der Waals surface area (Å²) in [5, 5.41) is 10.5. The van der Waals surface area contributed by atoms with Crippen LogP contribution in [0.5, 0.6) is 5.75 Å². The molecule has 0 aliphatic carbocycles. The molecule has 0 bridgehead atoms. The molecule has 1 aromatic rings. The van der Waals surface area contributed by atoms with Gasteiger partial charge in [-0.1, -0.05) is 13.8 Å². The number of nitrogens with one attached hydrogen (secondary N) is 1. The molecule has 0 fully saturated rings. The minimum atomic E-state index is -0.833. The van der Waals surface area contributed by atoms with E-state index in [2.05, 4.69) is 19.2 Å². The quantitative estimate of drug-likeness (QED) is 0.848. The zero-order valence-corrected chi connectivity index (χ0v) is 10.9. The SMILES string of the molecule is CC(=O)O.CNc1ccc(OCC(C)C)cc1. The molecule has 0 aliphatic rings. The van der Waals surface area contributed by atoms with Crippen molar-refractivity contribution in [2.45, 2.75) is 20.8 Å². The van der Waals surface area contributed by atoms with Crippen LogP contribution in [0.4, 0.5) is 5.69 Å². The van der Waals surface area contributed by atoms with Gasteiger partial charge in [-0.3, -0.25) is 4.79 Å². The Labute approximate surface area is 103 Å². The highest BCUT2D eigenvalue weighted by Crippen LogP contribution is 2.15. The van der Waals surface area contributed by atoms with Gasteiger partial charge < -0.3 is 15.2 Å². The van der Waals surface area contributed by atoms with E-state index < -0.39 is 5.97 Å². The van der Waals surface area contributed by atoms with E-state index in [0.717, 1.165) is 25.0 Å². The van der Waals surface area contributed by atoms with Crippen LogP contribution in [0.3, 0.4) is 0 Å². The smallest absolute Gasteiger partial charge is 0.300 e. The van der Waals surface area contributed by atoms with Crippen molar-refractivity contribution in [3.8, 4) is 5.75 Å². The number of ether oxygens (including phenoxy) is 1. The summed E-state index contributed by atoms with van der Waals surface area (Å²) in [6, 6.07) is 7.98. The van der Waals surface area contributed by atoms with Crippen molar-refractivity contribution >= 4 is 11.7 Å². The molecule has 0 amide bonds. The van der Waals surface area contributed by atoms with Crippen LogP contribution in [-0.2, 0) is 4.79 Å². The van der Waals surface area contributed by atoms with E-state index >= 15 is 0 Å². The number of carbonyl (C=O) groups is 1. The van der Waals surface area contributed by atoms with Crippen LogP contribution in [0.25, 0.3) is 0 Å². The second-order valence-electron chi connectivity index (χ2n) is 4.00. The first-order chi connectivity index (χ1) is 7.95. The van der Waals surface area contributed by atoms with E-state index in [4.69, 9.17) is 14.6 Å². The Morgan fingerprint density at radius 2 is 1.82 bits per heavy atom. The number of hydrogen-bond acceptors (Lipinski definition) is 3. The second-order valence-corrected chi connectivity index (χ2v) is 4.00. The first-order valence-electron chi connectivity index (χ1n) is 5.55. The summed E-state index contributed by atoms with van der Waals surface area (Å²) in [6.45, 7) is 6.14. The van der Waals surface area contributed by atoms with Crippen LogP contribution in [-0.4, -0.2) is 24.7 Å². The van der Waals surface area contributed by atoms with Crippen LogP contribution in [0, 0.1) is 5.92 Å². The molecule has 2 N–H and O–H groups in total. The van der Waals surface area contributed by atoms with E-state index in [-0.39, 0.29) is 0 Å². The fourth-order valence-corrected chi connectivity index (χ4v) is 0.981. The summed E-state index contributed by atoms with van der Waals surface area (Å²) in [4.78, 5) is 9.00. The fraction of sp³-hybridized carbons (Fsp3) is 0.462. The zero-order valence-electron chi connectivity index (χ0n) is 10.9. The lowest BCUT2D eigenvalue weighted by Crippen LogP contribution is -2.04. The van der Waals surface area contributed by atoms with E-state index in [1.54, 1.807) is 0 Å². The maximum absolute atomic E-state index is 9.00. The summed E-state index contributed by atoms with van der Waals surface area (Å²) < 4.78 is 5.54. The Bertz CT molecular complexity index is 316. The normalized spacial score (nSPS) is 9.24. The van der Waals surface area contributed by atoms with Crippen molar-refractivity contribution in [2.24, 2.45) is 5.92 Å². The molecule has 0 aromatic heterocycles. The van der Waals surface area contributed by atoms with Gasteiger partial charge in [-0.25, -0.2) is 0 Å². The largest absolute Gasteiger partial charge is 0.493 e. The van der Waals surface area contributed by atoms with Gasteiger partial charge in [-0.2, -0.15) is 0 Å². The van der Waals surface area contributed by atoms with Crippen molar-refractivity contribution in [1.29, 1.82) is 0 Å². The fourth-order valence-electron chi connectivity index (χ4n) is 0.981. The number of carboxylic acids is 1. The second kappa shape index (κ2) is 8.44. The number of benzene rings is 1. The number of rotatable bonds is 4. The van der Waals surface area contributed by atoms with Gasteiger partial charge in [-0.05, 0) is 30.2 Å². The molecule has 17 heavy (non-hydrogen) atoms. The molecule has 0 heterocycles. The van der Waals surface area contributed by atoms with Crippen LogP contribution >= 0.6 is 0 Å². The maximum atomic E-state index is 9.00. The van der Waals surface area contributed by atoms with Crippen LogP contribution in [0.2, 0.25) is 0 Å². The molecular formula is C13H21NO3. The number of hydrogen-bond donors (Lipinski definition) is 2. The summed E-state index contributed by atoms with van der Waals surface area (Å²) in [5.74, 6) is 0.677. The van der Waals surface area contributed by atoms with E-state index in [9.17, 15) is 0 Å².